The lowest BCUT2D eigenvalue weighted by Gasteiger charge is -2.14. The van der Waals surface area contributed by atoms with Crippen LogP contribution in [0.4, 0.5) is 11.6 Å². The minimum atomic E-state index is -3.85. The molecule has 0 fully saturated rings. The van der Waals surface area contributed by atoms with Crippen LogP contribution in [0.15, 0.2) is 70.7 Å². The molecule has 0 saturated carbocycles. The molecule has 3 rings (SSSR count). The number of hydrogen-bond donors (Lipinski definition) is 3. The number of halogens is 1. The summed E-state index contributed by atoms with van der Waals surface area (Å²) in [5, 5.41) is 13.2. The van der Waals surface area contributed by atoms with E-state index >= 15 is 0 Å². The highest BCUT2D eigenvalue weighted by Gasteiger charge is 2.17. The highest BCUT2D eigenvalue weighted by Crippen LogP contribution is 2.25. The van der Waals surface area contributed by atoms with Crippen molar-refractivity contribution in [3.8, 4) is 0 Å². The fraction of sp³-hybridized carbons (Fsp3) is 0.200. The fourth-order valence-corrected chi connectivity index (χ4v) is 4.38. The lowest BCUT2D eigenvalue weighted by molar-refractivity contribution is 0.281. The van der Waals surface area contributed by atoms with E-state index in [4.69, 9.17) is 11.6 Å². The van der Waals surface area contributed by atoms with Gasteiger partial charge in [0, 0.05) is 22.9 Å². The van der Waals surface area contributed by atoms with Crippen molar-refractivity contribution in [3.63, 3.8) is 0 Å². The smallest absolute Gasteiger partial charge is 0.263 e. The van der Waals surface area contributed by atoms with Crippen molar-refractivity contribution < 1.29 is 13.5 Å². The van der Waals surface area contributed by atoms with Gasteiger partial charge < -0.3 is 10.4 Å². The first-order valence-corrected chi connectivity index (χ1v) is 11.9. The van der Waals surface area contributed by atoms with Crippen molar-refractivity contribution in [2.24, 2.45) is 0 Å². The lowest BCUT2D eigenvalue weighted by Crippen LogP contribution is -2.21. The quantitative estimate of drug-likeness (QED) is 0.324. The Balaban J connectivity index is 1.86. The van der Waals surface area contributed by atoms with Crippen molar-refractivity contribution in [1.82, 2.24) is 9.97 Å². The van der Waals surface area contributed by atoms with Crippen LogP contribution >= 0.6 is 23.4 Å². The number of nitrogens with one attached hydrogen (secondary N) is 2. The fourth-order valence-electron chi connectivity index (χ4n) is 2.45. The second-order valence-electron chi connectivity index (χ2n) is 6.48. The number of aliphatic hydroxyl groups is 1. The predicted molar refractivity (Wildman–Crippen MR) is 120 cm³/mol. The third-order valence-electron chi connectivity index (χ3n) is 3.95. The Hall–Kier alpha value is -2.33. The van der Waals surface area contributed by atoms with E-state index < -0.39 is 10.0 Å². The van der Waals surface area contributed by atoms with Gasteiger partial charge in [0.15, 0.2) is 5.16 Å². The van der Waals surface area contributed by atoms with Gasteiger partial charge in [-0.25, -0.2) is 18.4 Å². The standard InChI is InChI=1S/C20H21ClN4O3S2/c1-14(12-26)22-18-11-19(25-30(27,28)17-9-7-16(21)8-10-17)24-20(23-18)29-13-15-5-3-2-4-6-15/h2-11,14,26H,12-13H2,1H3,(H2,22,23,24,25)/t14-/m1/s1. The van der Waals surface area contributed by atoms with E-state index in [1.807, 2.05) is 30.3 Å². The van der Waals surface area contributed by atoms with Gasteiger partial charge in [-0.05, 0) is 36.8 Å². The van der Waals surface area contributed by atoms with Gasteiger partial charge in [0.05, 0.1) is 11.5 Å². The molecule has 2 aromatic carbocycles. The summed E-state index contributed by atoms with van der Waals surface area (Å²) in [6, 6.07) is 16.9. The van der Waals surface area contributed by atoms with Gasteiger partial charge in [-0.2, -0.15) is 0 Å². The molecule has 0 unspecified atom stereocenters. The summed E-state index contributed by atoms with van der Waals surface area (Å²) in [6.45, 7) is 1.69. The third kappa shape index (κ3) is 6.33. The van der Waals surface area contributed by atoms with Gasteiger partial charge in [-0.1, -0.05) is 53.7 Å². The van der Waals surface area contributed by atoms with Crippen molar-refractivity contribution >= 4 is 45.0 Å². The molecule has 7 nitrogen and oxygen atoms in total. The number of rotatable bonds is 9. The van der Waals surface area contributed by atoms with E-state index in [2.05, 4.69) is 20.0 Å². The van der Waals surface area contributed by atoms with Crippen LogP contribution in [0.25, 0.3) is 0 Å². The molecule has 3 aromatic rings. The minimum Gasteiger partial charge on any atom is -0.394 e. The summed E-state index contributed by atoms with van der Waals surface area (Å²) in [5.41, 5.74) is 1.09. The van der Waals surface area contributed by atoms with Gasteiger partial charge in [-0.3, -0.25) is 4.72 Å². The summed E-state index contributed by atoms with van der Waals surface area (Å²) in [5.74, 6) is 1.17. The average molecular weight is 465 g/mol. The normalized spacial score (nSPS) is 12.4. The lowest BCUT2D eigenvalue weighted by atomic mass is 10.2. The Morgan fingerprint density at radius 3 is 2.40 bits per heavy atom. The molecular formula is C20H21ClN4O3S2. The predicted octanol–water partition coefficient (Wildman–Crippen LogP) is 4.02. The van der Waals surface area contributed by atoms with Gasteiger partial charge in [0.1, 0.15) is 11.6 Å². The maximum absolute atomic E-state index is 12.7. The highest BCUT2D eigenvalue weighted by molar-refractivity contribution is 7.98. The number of aromatic nitrogens is 2. The van der Waals surface area contributed by atoms with Crippen LogP contribution in [-0.4, -0.2) is 36.1 Å². The molecule has 10 heteroatoms. The van der Waals surface area contributed by atoms with E-state index in [9.17, 15) is 13.5 Å². The van der Waals surface area contributed by atoms with E-state index in [0.717, 1.165) is 5.56 Å². The summed E-state index contributed by atoms with van der Waals surface area (Å²) < 4.78 is 27.9. The Labute approximate surface area is 185 Å². The molecular weight excluding hydrogens is 444 g/mol. The highest BCUT2D eigenvalue weighted by atomic mass is 35.5. The topological polar surface area (TPSA) is 104 Å². The maximum atomic E-state index is 12.7. The zero-order valence-electron chi connectivity index (χ0n) is 16.1. The first-order valence-electron chi connectivity index (χ1n) is 9.07. The van der Waals surface area contributed by atoms with Crippen molar-refractivity contribution in [3.05, 3.63) is 71.2 Å². The number of nitrogens with zero attached hydrogens (tertiary/aromatic N) is 2. The zero-order valence-corrected chi connectivity index (χ0v) is 18.5. The van der Waals surface area contributed by atoms with Crippen molar-refractivity contribution in [1.29, 1.82) is 0 Å². The molecule has 0 bridgehead atoms. The van der Waals surface area contributed by atoms with Gasteiger partial charge >= 0.3 is 0 Å². The van der Waals surface area contributed by atoms with E-state index in [-0.39, 0.29) is 23.4 Å². The van der Waals surface area contributed by atoms with E-state index in [1.165, 1.54) is 42.1 Å². The summed E-state index contributed by atoms with van der Waals surface area (Å²) in [4.78, 5) is 8.84. The Bertz CT molecular complexity index is 1080. The van der Waals surface area contributed by atoms with Crippen molar-refractivity contribution in [2.75, 3.05) is 16.6 Å². The third-order valence-corrected chi connectivity index (χ3v) is 6.49. The Morgan fingerprint density at radius 1 is 1.07 bits per heavy atom. The first kappa shape index (κ1) is 22.4. The molecule has 1 heterocycles. The SMILES string of the molecule is C[C@H](CO)Nc1cc(NS(=O)(=O)c2ccc(Cl)cc2)nc(SCc2ccccc2)n1. The van der Waals surface area contributed by atoms with Crippen LogP contribution in [-0.2, 0) is 15.8 Å². The van der Waals surface area contributed by atoms with Gasteiger partial charge in [-0.15, -0.1) is 0 Å². The maximum Gasteiger partial charge on any atom is 0.263 e. The van der Waals surface area contributed by atoms with Gasteiger partial charge in [0.25, 0.3) is 10.0 Å². The number of sulfonamides is 1. The molecule has 0 radical (unpaired) electrons. The molecule has 0 aliphatic heterocycles. The number of hydrogen-bond acceptors (Lipinski definition) is 7. The summed E-state index contributed by atoms with van der Waals surface area (Å²) in [7, 11) is -3.85. The van der Waals surface area contributed by atoms with E-state index in [1.54, 1.807) is 6.92 Å². The van der Waals surface area contributed by atoms with Crippen LogP contribution in [0.1, 0.15) is 12.5 Å². The number of anilines is 2. The molecule has 0 amide bonds. The van der Waals surface area contributed by atoms with Gasteiger partial charge in [0.2, 0.25) is 0 Å². The Morgan fingerprint density at radius 2 is 1.73 bits per heavy atom. The second kappa shape index (κ2) is 10.1. The number of aliphatic hydroxyl groups excluding tert-OH is 1. The van der Waals surface area contributed by atoms with Crippen molar-refractivity contribution in [2.45, 2.75) is 28.8 Å². The minimum absolute atomic E-state index is 0.0715. The summed E-state index contributed by atoms with van der Waals surface area (Å²) >= 11 is 7.23. The molecule has 0 aliphatic rings. The molecule has 0 saturated heterocycles. The first-order chi connectivity index (χ1) is 14.4. The molecule has 1 aromatic heterocycles. The van der Waals surface area contributed by atoms with Crippen LogP contribution in [0.3, 0.4) is 0 Å². The van der Waals surface area contributed by atoms with Crippen LogP contribution < -0.4 is 10.0 Å². The number of thioether (sulfide) groups is 1. The van der Waals surface area contributed by atoms with Crippen LogP contribution in [0.5, 0.6) is 0 Å². The van der Waals surface area contributed by atoms with Crippen LogP contribution in [0.2, 0.25) is 5.02 Å². The largest absolute Gasteiger partial charge is 0.394 e. The molecule has 30 heavy (non-hydrogen) atoms. The molecule has 1 atom stereocenters. The monoisotopic (exact) mass is 464 g/mol. The molecule has 0 aliphatic carbocycles. The molecule has 3 N–H and O–H groups in total. The Kier molecular flexibility index (Phi) is 7.54. The van der Waals surface area contributed by atoms with E-state index in [0.29, 0.717) is 21.7 Å². The zero-order chi connectivity index (χ0) is 21.6. The average Bonchev–Trinajstić information content (AvgIpc) is 2.73. The number of benzene rings is 2. The second-order valence-corrected chi connectivity index (χ2v) is 9.54. The van der Waals surface area contributed by atoms with Crippen LogP contribution in [0, 0.1) is 0 Å². The molecule has 0 spiro atoms. The molecule has 158 valence electrons. The summed E-state index contributed by atoms with van der Waals surface area (Å²) in [6.07, 6.45) is 0.